The second-order valence-electron chi connectivity index (χ2n) is 3.80. The Bertz CT molecular complexity index is 584. The molecule has 1 aromatic carbocycles. The summed E-state index contributed by atoms with van der Waals surface area (Å²) in [6.45, 7) is 0.817. The second kappa shape index (κ2) is 6.26. The van der Waals surface area contributed by atoms with E-state index in [1.165, 1.54) is 24.3 Å². The molecule has 8 nitrogen and oxygen atoms in total. The molecule has 112 valence electrons. The predicted octanol–water partition coefficient (Wildman–Crippen LogP) is 2.60. The molecule has 0 saturated heterocycles. The SMILES string of the molecule is CC(P(=O)(O)O)P(=O)(O)OC(=O)Nc1ccc(Cl)cc1. The van der Waals surface area contributed by atoms with Crippen molar-refractivity contribution in [2.45, 2.75) is 12.3 Å². The molecule has 11 heteroatoms. The maximum Gasteiger partial charge on any atom is 0.418 e. The molecule has 0 aliphatic heterocycles. The molecular weight excluding hydrogens is 332 g/mol. The van der Waals surface area contributed by atoms with E-state index in [-0.39, 0.29) is 5.69 Å². The highest BCUT2D eigenvalue weighted by Crippen LogP contribution is 2.62. The fourth-order valence-electron chi connectivity index (χ4n) is 1.06. The lowest BCUT2D eigenvalue weighted by atomic mass is 10.3. The molecule has 0 radical (unpaired) electrons. The van der Waals surface area contributed by atoms with Crippen LogP contribution in [0.25, 0.3) is 0 Å². The van der Waals surface area contributed by atoms with Gasteiger partial charge in [0.1, 0.15) is 0 Å². The van der Waals surface area contributed by atoms with Crippen molar-refractivity contribution in [2.24, 2.45) is 0 Å². The Labute approximate surface area is 119 Å². The number of anilines is 1. The summed E-state index contributed by atoms with van der Waals surface area (Å²) >= 11 is 5.63. The molecule has 0 heterocycles. The Morgan fingerprint density at radius 3 is 2.20 bits per heavy atom. The fraction of sp³-hybridized carbons (Fsp3) is 0.222. The van der Waals surface area contributed by atoms with Crippen molar-refractivity contribution >= 4 is 38.6 Å². The summed E-state index contributed by atoms with van der Waals surface area (Å²) in [5.74, 6) is 0. The van der Waals surface area contributed by atoms with E-state index in [2.05, 4.69) is 9.84 Å². The van der Waals surface area contributed by atoms with E-state index in [9.17, 15) is 18.8 Å². The van der Waals surface area contributed by atoms with Crippen molar-refractivity contribution in [1.29, 1.82) is 0 Å². The number of halogens is 1. The number of rotatable bonds is 4. The maximum atomic E-state index is 11.6. The molecule has 1 amide bonds. The third-order valence-corrected chi connectivity index (χ3v) is 6.64. The molecule has 2 atom stereocenters. The Kier molecular flexibility index (Phi) is 5.38. The van der Waals surface area contributed by atoms with E-state index >= 15 is 0 Å². The zero-order valence-electron chi connectivity index (χ0n) is 10.1. The Balaban J connectivity index is 2.73. The molecule has 1 rings (SSSR count). The van der Waals surface area contributed by atoms with Crippen LogP contribution in [0.5, 0.6) is 0 Å². The van der Waals surface area contributed by atoms with E-state index in [0.29, 0.717) is 5.02 Å². The lowest BCUT2D eigenvalue weighted by molar-refractivity contribution is 0.206. The summed E-state index contributed by atoms with van der Waals surface area (Å²) in [6.07, 6.45) is -1.31. The van der Waals surface area contributed by atoms with Gasteiger partial charge in [0.05, 0.1) is 0 Å². The third kappa shape index (κ3) is 4.90. The van der Waals surface area contributed by atoms with Crippen LogP contribution in [0.4, 0.5) is 10.5 Å². The van der Waals surface area contributed by atoms with E-state index in [1.54, 1.807) is 0 Å². The van der Waals surface area contributed by atoms with Crippen molar-refractivity contribution in [1.82, 2.24) is 0 Å². The number of carbonyl (C=O) groups excluding carboxylic acids is 1. The van der Waals surface area contributed by atoms with Crippen LogP contribution in [-0.4, -0.2) is 26.2 Å². The van der Waals surface area contributed by atoms with Crippen LogP contribution < -0.4 is 5.32 Å². The lowest BCUT2D eigenvalue weighted by Crippen LogP contribution is -2.16. The fourth-order valence-corrected chi connectivity index (χ4v) is 3.28. The quantitative estimate of drug-likeness (QED) is 0.617. The molecule has 0 bridgehead atoms. The van der Waals surface area contributed by atoms with Crippen LogP contribution in [-0.2, 0) is 13.7 Å². The van der Waals surface area contributed by atoms with Gasteiger partial charge in [0.15, 0.2) is 5.40 Å². The smallest absolute Gasteiger partial charge is 0.374 e. The topological polar surface area (TPSA) is 133 Å². The molecular formula is C9H12ClNO7P2. The van der Waals surface area contributed by atoms with Gasteiger partial charge in [0.2, 0.25) is 0 Å². The normalized spacial score (nSPS) is 16.1. The van der Waals surface area contributed by atoms with Gasteiger partial charge in [-0.15, -0.1) is 0 Å². The average molecular weight is 344 g/mol. The van der Waals surface area contributed by atoms with Crippen molar-refractivity contribution < 1.29 is 33.1 Å². The molecule has 2 unspecified atom stereocenters. The number of hydrogen-bond donors (Lipinski definition) is 4. The number of hydrogen-bond acceptors (Lipinski definition) is 4. The molecule has 0 aliphatic rings. The summed E-state index contributed by atoms with van der Waals surface area (Å²) in [5, 5.41) is 0.541. The number of nitrogens with one attached hydrogen (secondary N) is 1. The molecule has 0 aliphatic carbocycles. The van der Waals surface area contributed by atoms with Gasteiger partial charge in [-0.3, -0.25) is 9.88 Å². The largest absolute Gasteiger partial charge is 0.418 e. The summed E-state index contributed by atoms with van der Waals surface area (Å²) < 4.78 is 26.7. The predicted molar refractivity (Wildman–Crippen MR) is 72.9 cm³/mol. The first-order chi connectivity index (χ1) is 9.02. The van der Waals surface area contributed by atoms with Gasteiger partial charge in [0, 0.05) is 10.7 Å². The van der Waals surface area contributed by atoms with Gasteiger partial charge in [-0.2, -0.15) is 0 Å². The molecule has 0 aromatic heterocycles. The first-order valence-electron chi connectivity index (χ1n) is 5.16. The van der Waals surface area contributed by atoms with Gasteiger partial charge in [-0.1, -0.05) is 11.6 Å². The number of carbonyl (C=O) groups is 1. The highest BCUT2D eigenvalue weighted by atomic mass is 35.5. The number of benzene rings is 1. The Hall–Kier alpha value is -0.880. The van der Waals surface area contributed by atoms with E-state index in [1.807, 2.05) is 0 Å². The van der Waals surface area contributed by atoms with Gasteiger partial charge >= 0.3 is 21.3 Å². The summed E-state index contributed by atoms with van der Waals surface area (Å²) in [5.41, 5.74) is 0.239. The van der Waals surface area contributed by atoms with Crippen LogP contribution in [0.3, 0.4) is 0 Å². The summed E-state index contributed by atoms with van der Waals surface area (Å²) in [7, 11) is -9.67. The monoisotopic (exact) mass is 343 g/mol. The van der Waals surface area contributed by atoms with Crippen molar-refractivity contribution in [3.8, 4) is 0 Å². The minimum absolute atomic E-state index is 0.239. The highest BCUT2D eigenvalue weighted by molar-refractivity contribution is 7.71. The van der Waals surface area contributed by atoms with Crippen LogP contribution in [0, 0.1) is 0 Å². The summed E-state index contributed by atoms with van der Waals surface area (Å²) in [6, 6.07) is 5.76. The van der Waals surface area contributed by atoms with E-state index in [4.69, 9.17) is 21.4 Å². The highest BCUT2D eigenvalue weighted by Gasteiger charge is 2.44. The number of amides is 1. The molecule has 0 fully saturated rings. The lowest BCUT2D eigenvalue weighted by Gasteiger charge is -2.19. The van der Waals surface area contributed by atoms with Gasteiger partial charge in [-0.05, 0) is 31.2 Å². The minimum Gasteiger partial charge on any atom is -0.374 e. The molecule has 0 saturated carbocycles. The maximum absolute atomic E-state index is 11.6. The van der Waals surface area contributed by atoms with Crippen molar-refractivity contribution in [3.05, 3.63) is 29.3 Å². The average Bonchev–Trinajstić information content (AvgIpc) is 2.29. The van der Waals surface area contributed by atoms with Crippen molar-refractivity contribution in [3.63, 3.8) is 0 Å². The zero-order valence-corrected chi connectivity index (χ0v) is 12.7. The standard InChI is InChI=1S/C9H12ClNO7P2/c1-6(19(13,14)15)20(16,17)18-9(12)11-8-4-2-7(10)3-5-8/h2-6H,1H3,(H,11,12)(H,16,17)(H2,13,14,15). The van der Waals surface area contributed by atoms with Crippen molar-refractivity contribution in [2.75, 3.05) is 5.32 Å². The van der Waals surface area contributed by atoms with E-state index < -0.39 is 26.7 Å². The summed E-state index contributed by atoms with van der Waals surface area (Å²) in [4.78, 5) is 38.4. The van der Waals surface area contributed by atoms with E-state index in [0.717, 1.165) is 6.92 Å². The zero-order chi connectivity index (χ0) is 15.6. The Morgan fingerprint density at radius 1 is 1.25 bits per heavy atom. The Morgan fingerprint density at radius 2 is 1.75 bits per heavy atom. The van der Waals surface area contributed by atoms with Crippen LogP contribution in [0.1, 0.15) is 6.92 Å². The van der Waals surface area contributed by atoms with Gasteiger partial charge in [0.25, 0.3) is 0 Å². The molecule has 1 aromatic rings. The van der Waals surface area contributed by atoms with Crippen LogP contribution in [0.2, 0.25) is 5.02 Å². The molecule has 4 N–H and O–H groups in total. The first-order valence-corrected chi connectivity index (χ1v) is 8.87. The second-order valence-corrected chi connectivity index (χ2v) is 8.68. The minimum atomic E-state index is -4.86. The third-order valence-electron chi connectivity index (χ3n) is 2.26. The molecule has 20 heavy (non-hydrogen) atoms. The van der Waals surface area contributed by atoms with Gasteiger partial charge in [-0.25, -0.2) is 9.36 Å². The van der Waals surface area contributed by atoms with Crippen LogP contribution in [0.15, 0.2) is 24.3 Å². The van der Waals surface area contributed by atoms with Gasteiger partial charge < -0.3 is 19.2 Å². The first kappa shape index (κ1) is 17.2. The molecule has 0 spiro atoms. The van der Waals surface area contributed by atoms with Crippen LogP contribution >= 0.6 is 26.8 Å².